The summed E-state index contributed by atoms with van der Waals surface area (Å²) in [6.07, 6.45) is -0.294. The topological polar surface area (TPSA) is 68.5 Å². The largest absolute Gasteiger partial charge is 0.494 e. The first-order chi connectivity index (χ1) is 12.3. The highest BCUT2D eigenvalue weighted by atomic mass is 35.5. The highest BCUT2D eigenvalue weighted by Crippen LogP contribution is 2.32. The van der Waals surface area contributed by atoms with Crippen LogP contribution in [0, 0.1) is 12.7 Å². The minimum Gasteiger partial charge on any atom is -0.494 e. The number of hydrogen-bond acceptors (Lipinski definition) is 3. The van der Waals surface area contributed by atoms with Crippen LogP contribution in [0.25, 0.3) is 10.9 Å². The van der Waals surface area contributed by atoms with Crippen LogP contribution in [-0.4, -0.2) is 28.7 Å². The molecule has 0 atom stereocenters. The van der Waals surface area contributed by atoms with Gasteiger partial charge in [-0.3, -0.25) is 14.2 Å². The molecule has 1 heterocycles. The van der Waals surface area contributed by atoms with Crippen molar-refractivity contribution in [1.82, 2.24) is 4.57 Å². The smallest absolute Gasteiger partial charge is 0.307 e. The van der Waals surface area contributed by atoms with Gasteiger partial charge in [-0.15, -0.1) is 0 Å². The fraction of sp³-hybridized carbons (Fsp3) is 0.158. The number of aliphatic carboxylic acids is 1. The molecule has 1 aromatic heterocycles. The van der Waals surface area contributed by atoms with Gasteiger partial charge in [0.25, 0.3) is 5.91 Å². The van der Waals surface area contributed by atoms with Crippen LogP contribution in [-0.2, 0) is 11.2 Å². The summed E-state index contributed by atoms with van der Waals surface area (Å²) in [6, 6.07) is 8.89. The number of methoxy groups -OCH3 is 1. The van der Waals surface area contributed by atoms with E-state index in [1.807, 2.05) is 0 Å². The van der Waals surface area contributed by atoms with Crippen LogP contribution < -0.4 is 4.74 Å². The Hall–Kier alpha value is -2.86. The molecule has 0 aliphatic carbocycles. The maximum atomic E-state index is 14.2. The zero-order valence-corrected chi connectivity index (χ0v) is 14.8. The first kappa shape index (κ1) is 17.9. The number of hydrogen-bond donors (Lipinski definition) is 1. The molecular weight excluding hydrogens is 361 g/mol. The molecule has 0 aliphatic rings. The molecule has 5 nitrogen and oxygen atoms in total. The number of ether oxygens (including phenoxy) is 1. The van der Waals surface area contributed by atoms with Gasteiger partial charge in [0.2, 0.25) is 0 Å². The molecule has 0 radical (unpaired) electrons. The van der Waals surface area contributed by atoms with Crippen LogP contribution in [0.5, 0.6) is 5.75 Å². The SMILES string of the molecule is COc1cc2c(CC(=O)O)c(C)n(C(=O)c3ccc(Cl)cc3)c2cc1F. The lowest BCUT2D eigenvalue weighted by atomic mass is 10.1. The molecule has 0 bridgehead atoms. The number of carbonyl (C=O) groups excluding carboxylic acids is 1. The molecule has 7 heteroatoms. The van der Waals surface area contributed by atoms with E-state index in [0.717, 1.165) is 0 Å². The molecule has 0 unspecified atom stereocenters. The predicted octanol–water partition coefficient (Wildman–Crippen LogP) is 4.07. The lowest BCUT2D eigenvalue weighted by Crippen LogP contribution is -2.14. The summed E-state index contributed by atoms with van der Waals surface area (Å²) in [4.78, 5) is 24.2. The van der Waals surface area contributed by atoms with E-state index in [-0.39, 0.29) is 17.7 Å². The Kier molecular flexibility index (Phi) is 4.70. The number of carboxylic acids is 1. The third kappa shape index (κ3) is 3.04. The predicted molar refractivity (Wildman–Crippen MR) is 95.7 cm³/mol. The van der Waals surface area contributed by atoms with Gasteiger partial charge in [0.1, 0.15) is 0 Å². The summed E-state index contributed by atoms with van der Waals surface area (Å²) in [5.41, 5.74) is 1.52. The van der Waals surface area contributed by atoms with E-state index in [0.29, 0.717) is 27.2 Å². The highest BCUT2D eigenvalue weighted by molar-refractivity contribution is 6.30. The Balaban J connectivity index is 2.28. The van der Waals surface area contributed by atoms with Crippen LogP contribution in [0.2, 0.25) is 5.02 Å². The van der Waals surface area contributed by atoms with Crippen LogP contribution >= 0.6 is 11.6 Å². The van der Waals surface area contributed by atoms with Crippen LogP contribution in [0.3, 0.4) is 0 Å². The standard InChI is InChI=1S/C19H15ClFNO4/c1-10-13(8-18(23)24)14-7-17(26-2)15(21)9-16(14)22(10)19(25)11-3-5-12(20)6-4-11/h3-7,9H,8H2,1-2H3,(H,23,24). The molecule has 0 spiro atoms. The number of carboxylic acid groups (broad SMARTS) is 1. The fourth-order valence-electron chi connectivity index (χ4n) is 2.99. The van der Waals surface area contributed by atoms with Gasteiger partial charge in [-0.2, -0.15) is 0 Å². The Bertz CT molecular complexity index is 1020. The van der Waals surface area contributed by atoms with E-state index >= 15 is 0 Å². The second-order valence-electron chi connectivity index (χ2n) is 5.79. The average molecular weight is 376 g/mol. The second-order valence-corrected chi connectivity index (χ2v) is 6.22. The first-order valence-corrected chi connectivity index (χ1v) is 8.10. The van der Waals surface area contributed by atoms with Gasteiger partial charge < -0.3 is 9.84 Å². The van der Waals surface area contributed by atoms with Gasteiger partial charge in [-0.05, 0) is 42.8 Å². The number of fused-ring (bicyclic) bond motifs is 1. The number of carbonyl (C=O) groups is 2. The van der Waals surface area contributed by atoms with Crippen molar-refractivity contribution in [2.24, 2.45) is 0 Å². The summed E-state index contributed by atoms with van der Waals surface area (Å²) < 4.78 is 20.5. The van der Waals surface area contributed by atoms with Crippen LogP contribution in [0.4, 0.5) is 4.39 Å². The molecular formula is C19H15ClFNO4. The Labute approximate surface area is 153 Å². The molecule has 0 aliphatic heterocycles. The summed E-state index contributed by atoms with van der Waals surface area (Å²) in [5, 5.41) is 10.2. The van der Waals surface area contributed by atoms with Crippen molar-refractivity contribution in [1.29, 1.82) is 0 Å². The lowest BCUT2D eigenvalue weighted by molar-refractivity contribution is -0.136. The second kappa shape index (κ2) is 6.80. The Morgan fingerprint density at radius 1 is 1.23 bits per heavy atom. The van der Waals surface area contributed by atoms with Crippen molar-refractivity contribution >= 4 is 34.4 Å². The third-order valence-corrected chi connectivity index (χ3v) is 4.48. The van der Waals surface area contributed by atoms with Crippen molar-refractivity contribution < 1.29 is 23.8 Å². The Morgan fingerprint density at radius 2 is 1.88 bits per heavy atom. The third-order valence-electron chi connectivity index (χ3n) is 4.23. The van der Waals surface area contributed by atoms with E-state index in [2.05, 4.69) is 0 Å². The zero-order valence-electron chi connectivity index (χ0n) is 14.0. The minimum atomic E-state index is -1.05. The summed E-state index contributed by atoms with van der Waals surface area (Å²) in [7, 11) is 1.32. The summed E-state index contributed by atoms with van der Waals surface area (Å²) in [5.74, 6) is -2.09. The summed E-state index contributed by atoms with van der Waals surface area (Å²) >= 11 is 5.86. The van der Waals surface area contributed by atoms with Gasteiger partial charge in [-0.25, -0.2) is 4.39 Å². The maximum Gasteiger partial charge on any atom is 0.307 e. The van der Waals surface area contributed by atoms with Gasteiger partial charge >= 0.3 is 5.97 Å². The normalized spacial score (nSPS) is 10.9. The van der Waals surface area contributed by atoms with Crippen LogP contribution in [0.1, 0.15) is 21.6 Å². The van der Waals surface area contributed by atoms with Crippen molar-refractivity contribution in [2.75, 3.05) is 7.11 Å². The molecule has 0 fully saturated rings. The molecule has 3 rings (SSSR count). The molecule has 3 aromatic rings. The monoisotopic (exact) mass is 375 g/mol. The van der Waals surface area contributed by atoms with Crippen molar-refractivity contribution in [3.63, 3.8) is 0 Å². The van der Waals surface area contributed by atoms with E-state index in [9.17, 15) is 19.1 Å². The molecule has 134 valence electrons. The number of rotatable bonds is 4. The van der Waals surface area contributed by atoms with Gasteiger partial charge in [-0.1, -0.05) is 11.6 Å². The number of halogens is 2. The number of benzene rings is 2. The molecule has 0 amide bonds. The van der Waals surface area contributed by atoms with E-state index in [4.69, 9.17) is 16.3 Å². The lowest BCUT2D eigenvalue weighted by Gasteiger charge is -2.08. The quantitative estimate of drug-likeness (QED) is 0.746. The van der Waals surface area contributed by atoms with E-state index in [1.165, 1.54) is 23.8 Å². The first-order valence-electron chi connectivity index (χ1n) is 7.73. The van der Waals surface area contributed by atoms with Crippen molar-refractivity contribution in [2.45, 2.75) is 13.3 Å². The minimum absolute atomic E-state index is 0.0137. The maximum absolute atomic E-state index is 14.2. The van der Waals surface area contributed by atoms with Crippen LogP contribution in [0.15, 0.2) is 36.4 Å². The fourth-order valence-corrected chi connectivity index (χ4v) is 3.12. The Morgan fingerprint density at radius 3 is 2.46 bits per heavy atom. The van der Waals surface area contributed by atoms with Crippen molar-refractivity contribution in [3.05, 3.63) is 64.1 Å². The van der Waals surface area contributed by atoms with E-state index < -0.39 is 17.7 Å². The highest BCUT2D eigenvalue weighted by Gasteiger charge is 2.23. The molecule has 1 N–H and O–H groups in total. The summed E-state index contributed by atoms with van der Waals surface area (Å²) in [6.45, 7) is 1.64. The van der Waals surface area contributed by atoms with E-state index in [1.54, 1.807) is 31.2 Å². The number of nitrogens with zero attached hydrogens (tertiary/aromatic N) is 1. The molecule has 0 saturated heterocycles. The average Bonchev–Trinajstić information content (AvgIpc) is 2.85. The van der Waals surface area contributed by atoms with Gasteiger partial charge in [0.05, 0.1) is 19.0 Å². The molecule has 26 heavy (non-hydrogen) atoms. The van der Waals surface area contributed by atoms with Crippen molar-refractivity contribution in [3.8, 4) is 5.75 Å². The van der Waals surface area contributed by atoms with Gasteiger partial charge in [0, 0.05) is 27.7 Å². The molecule has 0 saturated carbocycles. The zero-order chi connectivity index (χ0) is 19.0. The number of aromatic nitrogens is 1. The van der Waals surface area contributed by atoms with Gasteiger partial charge in [0.15, 0.2) is 11.6 Å². The molecule has 2 aromatic carbocycles.